The molecule has 0 aliphatic carbocycles. The van der Waals surface area contributed by atoms with Crippen LogP contribution < -0.4 is 9.64 Å². The molecule has 0 spiro atoms. The minimum Gasteiger partial charge on any atom is -0.497 e. The Kier molecular flexibility index (Phi) is 10.3. The molecule has 0 aliphatic heterocycles. The van der Waals surface area contributed by atoms with Crippen LogP contribution in [0.1, 0.15) is 29.7 Å². The average molecular weight is 493 g/mol. The number of thiazole rings is 1. The lowest BCUT2D eigenvalue weighted by Gasteiger charge is -2.19. The third kappa shape index (κ3) is 6.87. The molecule has 32 heavy (non-hydrogen) atoms. The molecule has 3 aromatic rings. The number of terminal acetylenes is 1. The maximum atomic E-state index is 13.0. The van der Waals surface area contributed by atoms with E-state index < -0.39 is 0 Å². The second-order valence-corrected chi connectivity index (χ2v) is 8.90. The third-order valence-electron chi connectivity index (χ3n) is 5.08. The number of halogens is 3. The standard InChI is InChI=1S/C25H26ClFN2OS.ClH/c1-4-15-29(16-7-5-6-8-19-9-11-20(27)12-10-19)25-28-24(18(2)31-25)22-14-13-21(30-3)17-23(22)26;/h1,9-14,17H,5-8,15-16H2,2-3H3;1H. The Morgan fingerprint density at radius 3 is 2.56 bits per heavy atom. The van der Waals surface area contributed by atoms with Crippen molar-refractivity contribution in [2.24, 2.45) is 0 Å². The Morgan fingerprint density at radius 1 is 1.16 bits per heavy atom. The molecule has 0 radical (unpaired) electrons. The van der Waals surface area contributed by atoms with Gasteiger partial charge in [0.15, 0.2) is 5.13 Å². The van der Waals surface area contributed by atoms with Gasteiger partial charge in [0, 0.05) is 17.0 Å². The first-order valence-corrected chi connectivity index (χ1v) is 11.5. The number of hydrogen-bond acceptors (Lipinski definition) is 4. The number of anilines is 1. The maximum Gasteiger partial charge on any atom is 0.186 e. The molecule has 0 fully saturated rings. The molecule has 0 amide bonds. The number of aryl methyl sites for hydroxylation is 2. The van der Waals surface area contributed by atoms with Crippen LogP contribution in [0.3, 0.4) is 0 Å². The minimum absolute atomic E-state index is 0. The van der Waals surface area contributed by atoms with Gasteiger partial charge in [-0.15, -0.1) is 30.2 Å². The van der Waals surface area contributed by atoms with Crippen molar-refractivity contribution in [1.82, 2.24) is 4.98 Å². The number of hydrogen-bond donors (Lipinski definition) is 0. The van der Waals surface area contributed by atoms with Crippen LogP contribution in [-0.2, 0) is 6.42 Å². The van der Waals surface area contributed by atoms with Crippen LogP contribution >= 0.6 is 35.3 Å². The summed E-state index contributed by atoms with van der Waals surface area (Å²) >= 11 is 8.09. The summed E-state index contributed by atoms with van der Waals surface area (Å²) in [5.41, 5.74) is 2.94. The van der Waals surface area contributed by atoms with E-state index in [9.17, 15) is 4.39 Å². The minimum atomic E-state index is -0.192. The largest absolute Gasteiger partial charge is 0.497 e. The van der Waals surface area contributed by atoms with Gasteiger partial charge >= 0.3 is 0 Å². The van der Waals surface area contributed by atoms with Crippen LogP contribution in [0.15, 0.2) is 42.5 Å². The first-order valence-electron chi connectivity index (χ1n) is 10.3. The van der Waals surface area contributed by atoms with E-state index in [1.54, 1.807) is 24.5 Å². The van der Waals surface area contributed by atoms with Gasteiger partial charge in [0.1, 0.15) is 11.6 Å². The highest BCUT2D eigenvalue weighted by molar-refractivity contribution is 7.16. The Hall–Kier alpha value is -2.26. The van der Waals surface area contributed by atoms with Crippen LogP contribution in [0.5, 0.6) is 5.75 Å². The zero-order chi connectivity index (χ0) is 22.2. The van der Waals surface area contributed by atoms with E-state index in [0.717, 1.165) is 59.2 Å². The van der Waals surface area contributed by atoms with E-state index >= 15 is 0 Å². The Morgan fingerprint density at radius 2 is 1.91 bits per heavy atom. The zero-order valence-corrected chi connectivity index (χ0v) is 20.6. The lowest BCUT2D eigenvalue weighted by molar-refractivity contribution is 0.415. The van der Waals surface area contributed by atoms with Crippen molar-refractivity contribution >= 4 is 40.5 Å². The summed E-state index contributed by atoms with van der Waals surface area (Å²) < 4.78 is 18.2. The summed E-state index contributed by atoms with van der Waals surface area (Å²) in [5.74, 6) is 3.27. The fraction of sp³-hybridized carbons (Fsp3) is 0.320. The molecule has 1 aromatic heterocycles. The van der Waals surface area contributed by atoms with E-state index in [1.165, 1.54) is 17.7 Å². The number of aromatic nitrogens is 1. The summed E-state index contributed by atoms with van der Waals surface area (Å²) in [5, 5.41) is 1.53. The molecule has 0 N–H and O–H groups in total. The lowest BCUT2D eigenvalue weighted by atomic mass is 10.1. The molecule has 0 saturated heterocycles. The van der Waals surface area contributed by atoms with E-state index in [4.69, 9.17) is 27.7 Å². The van der Waals surface area contributed by atoms with Gasteiger partial charge in [0.05, 0.1) is 24.4 Å². The summed E-state index contributed by atoms with van der Waals surface area (Å²) in [7, 11) is 1.62. The van der Waals surface area contributed by atoms with Crippen molar-refractivity contribution < 1.29 is 9.13 Å². The Balaban J connectivity index is 0.00000363. The van der Waals surface area contributed by atoms with Crippen LogP contribution in [0, 0.1) is 25.1 Å². The predicted molar refractivity (Wildman–Crippen MR) is 136 cm³/mol. The Bertz CT molecular complexity index is 1050. The van der Waals surface area contributed by atoms with Crippen LogP contribution in [0.4, 0.5) is 9.52 Å². The van der Waals surface area contributed by atoms with Crippen molar-refractivity contribution in [3.63, 3.8) is 0 Å². The molecule has 3 nitrogen and oxygen atoms in total. The van der Waals surface area contributed by atoms with Crippen molar-refractivity contribution in [2.45, 2.75) is 32.6 Å². The summed E-state index contributed by atoms with van der Waals surface area (Å²) in [6.07, 6.45) is 9.71. The first kappa shape index (κ1) is 26.0. The van der Waals surface area contributed by atoms with Crippen LogP contribution in [0.25, 0.3) is 11.3 Å². The molecule has 0 saturated carbocycles. The second kappa shape index (κ2) is 12.7. The average Bonchev–Trinajstić information content (AvgIpc) is 3.15. The van der Waals surface area contributed by atoms with Crippen molar-refractivity contribution in [1.29, 1.82) is 0 Å². The number of methoxy groups -OCH3 is 1. The topological polar surface area (TPSA) is 25.4 Å². The maximum absolute atomic E-state index is 13.0. The normalized spacial score (nSPS) is 10.3. The van der Waals surface area contributed by atoms with Gasteiger partial charge in [-0.3, -0.25) is 0 Å². The number of nitrogens with zero attached hydrogens (tertiary/aromatic N) is 2. The number of ether oxygens (including phenoxy) is 1. The highest BCUT2D eigenvalue weighted by Crippen LogP contribution is 2.37. The van der Waals surface area contributed by atoms with Crippen LogP contribution in [0.2, 0.25) is 5.02 Å². The van der Waals surface area contributed by atoms with Gasteiger partial charge in [0.25, 0.3) is 0 Å². The quantitative estimate of drug-likeness (QED) is 0.221. The molecule has 3 rings (SSSR count). The van der Waals surface area contributed by atoms with Gasteiger partial charge < -0.3 is 9.64 Å². The first-order chi connectivity index (χ1) is 15.0. The highest BCUT2D eigenvalue weighted by Gasteiger charge is 2.17. The summed E-state index contributed by atoms with van der Waals surface area (Å²) in [6.45, 7) is 3.41. The molecule has 0 unspecified atom stereocenters. The molecule has 1 heterocycles. The van der Waals surface area contributed by atoms with Gasteiger partial charge in [-0.2, -0.15) is 0 Å². The lowest BCUT2D eigenvalue weighted by Crippen LogP contribution is -2.24. The van der Waals surface area contributed by atoms with Gasteiger partial charge in [-0.1, -0.05) is 36.1 Å². The van der Waals surface area contributed by atoms with Crippen molar-refractivity contribution in [3.05, 3.63) is 63.7 Å². The fourth-order valence-electron chi connectivity index (χ4n) is 3.39. The molecule has 170 valence electrons. The van der Waals surface area contributed by atoms with E-state index in [1.807, 2.05) is 31.2 Å². The van der Waals surface area contributed by atoms with Gasteiger partial charge in [-0.25, -0.2) is 9.37 Å². The van der Waals surface area contributed by atoms with Gasteiger partial charge in [-0.05, 0) is 62.1 Å². The van der Waals surface area contributed by atoms with Crippen molar-refractivity contribution in [3.8, 4) is 29.4 Å². The smallest absolute Gasteiger partial charge is 0.186 e. The molecule has 0 bridgehead atoms. The molecular formula is C25H27Cl2FN2OS. The molecular weight excluding hydrogens is 466 g/mol. The third-order valence-corrected chi connectivity index (χ3v) is 6.42. The second-order valence-electron chi connectivity index (χ2n) is 7.31. The molecule has 2 aromatic carbocycles. The van der Waals surface area contributed by atoms with E-state index in [0.29, 0.717) is 11.6 Å². The zero-order valence-electron chi connectivity index (χ0n) is 18.2. The number of rotatable bonds is 10. The van der Waals surface area contributed by atoms with Gasteiger partial charge in [0.2, 0.25) is 0 Å². The number of benzene rings is 2. The summed E-state index contributed by atoms with van der Waals surface area (Å²) in [4.78, 5) is 8.11. The molecule has 0 aliphatic rings. The van der Waals surface area contributed by atoms with Crippen molar-refractivity contribution in [2.75, 3.05) is 25.1 Å². The summed E-state index contributed by atoms with van der Waals surface area (Å²) in [6, 6.07) is 12.4. The molecule has 0 atom stereocenters. The predicted octanol–water partition coefficient (Wildman–Crippen LogP) is 7.19. The highest BCUT2D eigenvalue weighted by atomic mass is 35.5. The SMILES string of the molecule is C#CCN(CCCCCc1ccc(F)cc1)c1nc(-c2ccc(OC)cc2Cl)c(C)s1.Cl. The number of unbranched alkanes of at least 4 members (excludes halogenated alkanes) is 2. The van der Waals surface area contributed by atoms with E-state index in [2.05, 4.69) is 10.8 Å². The fourth-order valence-corrected chi connectivity index (χ4v) is 4.60. The van der Waals surface area contributed by atoms with E-state index in [-0.39, 0.29) is 18.2 Å². The Labute approximate surface area is 205 Å². The monoisotopic (exact) mass is 492 g/mol. The molecule has 7 heteroatoms. The van der Waals surface area contributed by atoms with Crippen LogP contribution in [-0.4, -0.2) is 25.2 Å².